The summed E-state index contributed by atoms with van der Waals surface area (Å²) in [6.45, 7) is 4.88. The van der Waals surface area contributed by atoms with Gasteiger partial charge in [0.2, 0.25) is 0 Å². The zero-order valence-electron chi connectivity index (χ0n) is 10.5. The Bertz CT molecular complexity index is 494. The molecule has 0 aliphatic rings. The van der Waals surface area contributed by atoms with Gasteiger partial charge in [0.05, 0.1) is 5.69 Å². The van der Waals surface area contributed by atoms with Crippen molar-refractivity contribution in [2.45, 2.75) is 20.4 Å². The Balaban J connectivity index is 2.14. The maximum absolute atomic E-state index is 4.21. The summed E-state index contributed by atoms with van der Waals surface area (Å²) < 4.78 is 0. The molecule has 88 valence electrons. The fourth-order valence-electron chi connectivity index (χ4n) is 1.66. The van der Waals surface area contributed by atoms with Gasteiger partial charge >= 0.3 is 0 Å². The van der Waals surface area contributed by atoms with E-state index >= 15 is 0 Å². The van der Waals surface area contributed by atoms with Gasteiger partial charge in [-0.2, -0.15) is 5.10 Å². The third-order valence-electron chi connectivity index (χ3n) is 2.87. The molecule has 0 fully saturated rings. The van der Waals surface area contributed by atoms with Crippen molar-refractivity contribution in [3.8, 4) is 0 Å². The van der Waals surface area contributed by atoms with Gasteiger partial charge in [-0.25, -0.2) is 0 Å². The van der Waals surface area contributed by atoms with Crippen LogP contribution in [0.3, 0.4) is 0 Å². The van der Waals surface area contributed by atoms with E-state index in [2.05, 4.69) is 52.4 Å². The predicted molar refractivity (Wildman–Crippen MR) is 70.1 cm³/mol. The number of aromatic nitrogens is 2. The van der Waals surface area contributed by atoms with Crippen LogP contribution in [-0.2, 0) is 6.54 Å². The Labute approximate surface area is 102 Å². The first kappa shape index (κ1) is 11.6. The van der Waals surface area contributed by atoms with Gasteiger partial charge in [-0.1, -0.05) is 30.3 Å². The molecule has 2 rings (SSSR count). The Morgan fingerprint density at radius 3 is 2.41 bits per heavy atom. The Hall–Kier alpha value is -1.90. The van der Waals surface area contributed by atoms with E-state index < -0.39 is 0 Å². The van der Waals surface area contributed by atoms with Crippen molar-refractivity contribution < 1.29 is 0 Å². The fourth-order valence-corrected chi connectivity index (χ4v) is 1.66. The minimum atomic E-state index is 0.845. The molecule has 0 saturated heterocycles. The minimum absolute atomic E-state index is 0.845. The second-order valence-electron chi connectivity index (χ2n) is 4.31. The molecule has 1 aromatic carbocycles. The van der Waals surface area contributed by atoms with Crippen molar-refractivity contribution in [3.05, 3.63) is 53.2 Å². The van der Waals surface area contributed by atoms with Crippen LogP contribution in [0.15, 0.2) is 36.4 Å². The third-order valence-corrected chi connectivity index (χ3v) is 2.87. The summed E-state index contributed by atoms with van der Waals surface area (Å²) in [5, 5.41) is 8.36. The van der Waals surface area contributed by atoms with Gasteiger partial charge in [0.1, 0.15) is 0 Å². The first-order valence-corrected chi connectivity index (χ1v) is 5.73. The Morgan fingerprint density at radius 1 is 1.06 bits per heavy atom. The van der Waals surface area contributed by atoms with Crippen LogP contribution in [0.1, 0.15) is 16.8 Å². The molecule has 3 heteroatoms. The molecule has 1 heterocycles. The van der Waals surface area contributed by atoms with Crippen molar-refractivity contribution in [2.24, 2.45) is 0 Å². The van der Waals surface area contributed by atoms with Gasteiger partial charge in [-0.15, -0.1) is 5.10 Å². The van der Waals surface area contributed by atoms with Crippen LogP contribution in [0.25, 0.3) is 0 Å². The quantitative estimate of drug-likeness (QED) is 0.807. The molecule has 0 radical (unpaired) electrons. The summed E-state index contributed by atoms with van der Waals surface area (Å²) in [7, 11) is 2.03. The molecule has 3 nitrogen and oxygen atoms in total. The maximum atomic E-state index is 4.21. The molecule has 0 aliphatic carbocycles. The zero-order chi connectivity index (χ0) is 12.3. The molecular formula is C14H17N3. The van der Waals surface area contributed by atoms with Crippen molar-refractivity contribution in [2.75, 3.05) is 11.9 Å². The summed E-state index contributed by atoms with van der Waals surface area (Å²) in [6.07, 6.45) is 0. The van der Waals surface area contributed by atoms with Crippen LogP contribution in [-0.4, -0.2) is 17.2 Å². The molecule has 0 spiro atoms. The van der Waals surface area contributed by atoms with Crippen LogP contribution in [0, 0.1) is 13.8 Å². The normalized spacial score (nSPS) is 10.3. The molecule has 0 aliphatic heterocycles. The van der Waals surface area contributed by atoms with Crippen molar-refractivity contribution in [1.82, 2.24) is 10.2 Å². The van der Waals surface area contributed by atoms with Gasteiger partial charge in [0.15, 0.2) is 5.82 Å². The zero-order valence-corrected chi connectivity index (χ0v) is 10.5. The van der Waals surface area contributed by atoms with E-state index in [0.717, 1.165) is 18.1 Å². The van der Waals surface area contributed by atoms with Crippen LogP contribution in [0.2, 0.25) is 0 Å². The first-order valence-electron chi connectivity index (χ1n) is 5.73. The smallest absolute Gasteiger partial charge is 0.151 e. The molecular weight excluding hydrogens is 210 g/mol. The fraction of sp³-hybridized carbons (Fsp3) is 0.286. The number of aryl methyl sites for hydroxylation is 2. The van der Waals surface area contributed by atoms with Crippen LogP contribution in [0.5, 0.6) is 0 Å². The van der Waals surface area contributed by atoms with Gasteiger partial charge < -0.3 is 4.90 Å². The molecule has 2 aromatic rings. The summed E-state index contributed by atoms with van der Waals surface area (Å²) in [5.41, 5.74) is 3.44. The highest BCUT2D eigenvalue weighted by molar-refractivity contribution is 5.40. The molecule has 0 amide bonds. The third kappa shape index (κ3) is 2.81. The topological polar surface area (TPSA) is 29.0 Å². The molecule has 0 unspecified atom stereocenters. The second kappa shape index (κ2) is 4.95. The van der Waals surface area contributed by atoms with E-state index in [-0.39, 0.29) is 0 Å². The van der Waals surface area contributed by atoms with Gasteiger partial charge in [0.25, 0.3) is 0 Å². The summed E-state index contributed by atoms with van der Waals surface area (Å²) >= 11 is 0. The van der Waals surface area contributed by atoms with Crippen LogP contribution >= 0.6 is 0 Å². The second-order valence-corrected chi connectivity index (χ2v) is 4.31. The molecule has 17 heavy (non-hydrogen) atoms. The highest BCUT2D eigenvalue weighted by Gasteiger charge is 2.05. The van der Waals surface area contributed by atoms with Crippen molar-refractivity contribution in [1.29, 1.82) is 0 Å². The summed E-state index contributed by atoms with van der Waals surface area (Å²) in [6, 6.07) is 12.4. The molecule has 0 bridgehead atoms. The van der Waals surface area contributed by atoms with E-state index in [1.165, 1.54) is 11.1 Å². The van der Waals surface area contributed by atoms with E-state index in [1.54, 1.807) is 0 Å². The molecule has 1 aromatic heterocycles. The highest BCUT2D eigenvalue weighted by atomic mass is 15.2. The SMILES string of the molecule is Cc1cc(N(C)Cc2ccccc2)nnc1C. The van der Waals surface area contributed by atoms with Crippen molar-refractivity contribution >= 4 is 5.82 Å². The van der Waals surface area contributed by atoms with E-state index in [1.807, 2.05) is 20.0 Å². The number of nitrogens with zero attached hydrogens (tertiary/aromatic N) is 3. The van der Waals surface area contributed by atoms with E-state index in [9.17, 15) is 0 Å². The lowest BCUT2D eigenvalue weighted by molar-refractivity contribution is 0.851. The van der Waals surface area contributed by atoms with Gasteiger partial charge in [-0.05, 0) is 31.0 Å². The van der Waals surface area contributed by atoms with Crippen molar-refractivity contribution in [3.63, 3.8) is 0 Å². The lowest BCUT2D eigenvalue weighted by Crippen LogP contribution is -2.18. The average Bonchev–Trinajstić information content (AvgIpc) is 2.34. The molecule has 0 N–H and O–H groups in total. The Kier molecular flexibility index (Phi) is 3.38. The largest absolute Gasteiger partial charge is 0.354 e. The number of rotatable bonds is 3. The van der Waals surface area contributed by atoms with Gasteiger partial charge in [0, 0.05) is 13.6 Å². The monoisotopic (exact) mass is 227 g/mol. The van der Waals surface area contributed by atoms with Gasteiger partial charge in [-0.3, -0.25) is 0 Å². The van der Waals surface area contributed by atoms with Crippen LogP contribution in [0.4, 0.5) is 5.82 Å². The Morgan fingerprint density at radius 2 is 1.76 bits per heavy atom. The van der Waals surface area contributed by atoms with Crippen LogP contribution < -0.4 is 4.90 Å². The minimum Gasteiger partial charge on any atom is -0.354 e. The average molecular weight is 227 g/mol. The number of anilines is 1. The lowest BCUT2D eigenvalue weighted by Gasteiger charge is -2.18. The number of benzene rings is 1. The predicted octanol–water partition coefficient (Wildman–Crippen LogP) is 2.73. The number of hydrogen-bond donors (Lipinski definition) is 0. The first-order chi connectivity index (χ1) is 8.16. The molecule has 0 atom stereocenters. The number of hydrogen-bond acceptors (Lipinski definition) is 3. The molecule has 0 saturated carbocycles. The van der Waals surface area contributed by atoms with E-state index in [4.69, 9.17) is 0 Å². The summed E-state index contributed by atoms with van der Waals surface area (Å²) in [5.74, 6) is 0.914. The standard InChI is InChI=1S/C14H17N3/c1-11-9-14(16-15-12(11)2)17(3)10-13-7-5-4-6-8-13/h4-9H,10H2,1-3H3. The summed E-state index contributed by atoms with van der Waals surface area (Å²) in [4.78, 5) is 2.11. The maximum Gasteiger partial charge on any atom is 0.151 e. The van der Waals surface area contributed by atoms with E-state index in [0.29, 0.717) is 0 Å². The lowest BCUT2D eigenvalue weighted by atomic mass is 10.2. The highest BCUT2D eigenvalue weighted by Crippen LogP contribution is 2.14.